The Morgan fingerprint density at radius 1 is 1.04 bits per heavy atom. The summed E-state index contributed by atoms with van der Waals surface area (Å²) < 4.78 is 2.30. The van der Waals surface area contributed by atoms with E-state index < -0.39 is 11.6 Å². The van der Waals surface area contributed by atoms with Gasteiger partial charge in [-0.3, -0.25) is 9.89 Å². The van der Waals surface area contributed by atoms with E-state index in [2.05, 4.69) is 20.7 Å². The van der Waals surface area contributed by atoms with Crippen molar-refractivity contribution in [3.05, 3.63) is 82.9 Å². The van der Waals surface area contributed by atoms with Gasteiger partial charge in [-0.2, -0.15) is 4.68 Å². The standard InChI is InChI=1S/C19H16N6O2/c1-13-17(24-12-16(21-23-24)14-8-4-2-5-9-14)18(26)25(22-13)19(27)20-15-10-6-3-7-11-15/h2-12,22H,1H3,(H,20,27). The van der Waals surface area contributed by atoms with Crippen LogP contribution in [0.15, 0.2) is 71.7 Å². The number of carbonyl (C=O) groups excluding carboxylic acids is 1. The van der Waals surface area contributed by atoms with E-state index in [-0.39, 0.29) is 5.69 Å². The number of rotatable bonds is 3. The fourth-order valence-electron chi connectivity index (χ4n) is 2.77. The lowest BCUT2D eigenvalue weighted by molar-refractivity contribution is 0.250. The molecule has 8 nitrogen and oxygen atoms in total. The Labute approximate surface area is 154 Å². The van der Waals surface area contributed by atoms with Gasteiger partial charge in [-0.25, -0.2) is 9.48 Å². The molecule has 8 heteroatoms. The molecule has 2 aromatic carbocycles. The molecule has 0 aliphatic rings. The molecule has 0 fully saturated rings. The molecule has 0 saturated heterocycles. The average Bonchev–Trinajstić information content (AvgIpc) is 3.27. The van der Waals surface area contributed by atoms with Crippen LogP contribution in [-0.2, 0) is 0 Å². The third-order valence-corrected chi connectivity index (χ3v) is 4.06. The Bertz CT molecular complexity index is 1140. The fourth-order valence-corrected chi connectivity index (χ4v) is 2.77. The zero-order valence-electron chi connectivity index (χ0n) is 14.5. The van der Waals surface area contributed by atoms with Gasteiger partial charge in [-0.05, 0) is 19.1 Å². The second-order valence-corrected chi connectivity index (χ2v) is 5.94. The summed E-state index contributed by atoms with van der Waals surface area (Å²) in [6, 6.07) is 17.9. The SMILES string of the molecule is Cc1[nH]n(C(=O)Nc2ccccc2)c(=O)c1-n1cc(-c2ccccc2)nn1. The number of anilines is 1. The van der Waals surface area contributed by atoms with Crippen LogP contribution < -0.4 is 10.9 Å². The number of aryl methyl sites for hydroxylation is 1. The number of amides is 1. The molecule has 0 aliphatic carbocycles. The molecule has 1 amide bonds. The minimum Gasteiger partial charge on any atom is -0.306 e. The van der Waals surface area contributed by atoms with E-state index in [0.29, 0.717) is 17.1 Å². The number of para-hydroxylation sites is 1. The summed E-state index contributed by atoms with van der Waals surface area (Å²) in [6.45, 7) is 1.70. The van der Waals surface area contributed by atoms with Crippen LogP contribution in [-0.4, -0.2) is 30.8 Å². The molecule has 4 rings (SSSR count). The third-order valence-electron chi connectivity index (χ3n) is 4.06. The van der Waals surface area contributed by atoms with Gasteiger partial charge in [0, 0.05) is 11.3 Å². The first-order valence-corrected chi connectivity index (χ1v) is 8.29. The quantitative estimate of drug-likeness (QED) is 0.587. The molecule has 0 aliphatic heterocycles. The molecule has 2 aromatic heterocycles. The molecule has 0 unspecified atom stereocenters. The number of aromatic nitrogens is 5. The Hall–Kier alpha value is -3.94. The third kappa shape index (κ3) is 3.15. The highest BCUT2D eigenvalue weighted by atomic mass is 16.2. The van der Waals surface area contributed by atoms with E-state index in [9.17, 15) is 9.59 Å². The first kappa shape index (κ1) is 16.5. The number of benzene rings is 2. The monoisotopic (exact) mass is 360 g/mol. The van der Waals surface area contributed by atoms with E-state index in [0.717, 1.165) is 10.2 Å². The van der Waals surface area contributed by atoms with E-state index in [1.54, 1.807) is 37.4 Å². The molecule has 0 radical (unpaired) electrons. The van der Waals surface area contributed by atoms with Crippen LogP contribution in [0.2, 0.25) is 0 Å². The maximum atomic E-state index is 12.7. The number of hydrogen-bond donors (Lipinski definition) is 2. The van der Waals surface area contributed by atoms with Crippen LogP contribution >= 0.6 is 0 Å². The second kappa shape index (κ2) is 6.75. The highest BCUT2D eigenvalue weighted by Gasteiger charge is 2.19. The zero-order chi connectivity index (χ0) is 18.8. The summed E-state index contributed by atoms with van der Waals surface area (Å²) in [7, 11) is 0. The molecule has 134 valence electrons. The Morgan fingerprint density at radius 2 is 1.70 bits per heavy atom. The van der Waals surface area contributed by atoms with Crippen molar-refractivity contribution in [1.29, 1.82) is 0 Å². The molecule has 4 aromatic rings. The lowest BCUT2D eigenvalue weighted by Gasteiger charge is -2.03. The maximum absolute atomic E-state index is 12.7. The Morgan fingerprint density at radius 3 is 2.41 bits per heavy atom. The molecule has 0 bridgehead atoms. The number of aromatic amines is 1. The van der Waals surface area contributed by atoms with Crippen molar-refractivity contribution in [3.63, 3.8) is 0 Å². The summed E-state index contributed by atoms with van der Waals surface area (Å²) in [5.74, 6) is 0. The van der Waals surface area contributed by atoms with Crippen LogP contribution in [0, 0.1) is 6.92 Å². The normalized spacial score (nSPS) is 10.7. The van der Waals surface area contributed by atoms with Crippen LogP contribution in [0.4, 0.5) is 10.5 Å². The van der Waals surface area contributed by atoms with Crippen molar-refractivity contribution in [2.45, 2.75) is 6.92 Å². The highest BCUT2D eigenvalue weighted by molar-refractivity contribution is 5.90. The summed E-state index contributed by atoms with van der Waals surface area (Å²) in [4.78, 5) is 25.2. The predicted molar refractivity (Wildman–Crippen MR) is 101 cm³/mol. The molecule has 0 atom stereocenters. The molecular formula is C19H16N6O2. The molecular weight excluding hydrogens is 344 g/mol. The first-order chi connectivity index (χ1) is 13.1. The molecule has 2 N–H and O–H groups in total. The summed E-state index contributed by atoms with van der Waals surface area (Å²) >= 11 is 0. The van der Waals surface area contributed by atoms with Gasteiger partial charge < -0.3 is 5.32 Å². The van der Waals surface area contributed by atoms with Gasteiger partial charge >= 0.3 is 11.6 Å². The lowest BCUT2D eigenvalue weighted by Crippen LogP contribution is -2.30. The van der Waals surface area contributed by atoms with Crippen molar-refractivity contribution < 1.29 is 4.79 Å². The molecule has 2 heterocycles. The van der Waals surface area contributed by atoms with E-state index in [1.165, 1.54) is 4.68 Å². The molecule has 0 spiro atoms. The van der Waals surface area contributed by atoms with E-state index in [1.807, 2.05) is 36.4 Å². The lowest BCUT2D eigenvalue weighted by atomic mass is 10.2. The van der Waals surface area contributed by atoms with Gasteiger partial charge in [0.1, 0.15) is 5.69 Å². The van der Waals surface area contributed by atoms with Crippen molar-refractivity contribution in [1.82, 2.24) is 24.8 Å². The van der Waals surface area contributed by atoms with Crippen molar-refractivity contribution >= 4 is 11.7 Å². The van der Waals surface area contributed by atoms with Gasteiger partial charge in [0.05, 0.1) is 11.9 Å². The number of hydrogen-bond acceptors (Lipinski definition) is 4. The average molecular weight is 360 g/mol. The van der Waals surface area contributed by atoms with E-state index in [4.69, 9.17) is 0 Å². The zero-order valence-corrected chi connectivity index (χ0v) is 14.5. The van der Waals surface area contributed by atoms with Crippen LogP contribution in [0.25, 0.3) is 16.9 Å². The predicted octanol–water partition coefficient (Wildman–Crippen LogP) is 2.81. The summed E-state index contributed by atoms with van der Waals surface area (Å²) in [6.07, 6.45) is 1.66. The molecule has 27 heavy (non-hydrogen) atoms. The fraction of sp³-hybridized carbons (Fsp3) is 0.0526. The largest absolute Gasteiger partial charge is 0.348 e. The number of carbonyl (C=O) groups is 1. The van der Waals surface area contributed by atoms with E-state index >= 15 is 0 Å². The van der Waals surface area contributed by atoms with Crippen molar-refractivity contribution in [2.24, 2.45) is 0 Å². The summed E-state index contributed by atoms with van der Waals surface area (Å²) in [5, 5.41) is 13.6. The number of nitrogens with zero attached hydrogens (tertiary/aromatic N) is 4. The topological polar surface area (TPSA) is 97.6 Å². The van der Waals surface area contributed by atoms with Crippen molar-refractivity contribution in [3.8, 4) is 16.9 Å². The van der Waals surface area contributed by atoms with Crippen LogP contribution in [0.3, 0.4) is 0 Å². The first-order valence-electron chi connectivity index (χ1n) is 8.29. The van der Waals surface area contributed by atoms with Gasteiger partial charge in [-0.1, -0.05) is 53.7 Å². The maximum Gasteiger partial charge on any atom is 0.348 e. The second-order valence-electron chi connectivity index (χ2n) is 5.94. The smallest absolute Gasteiger partial charge is 0.306 e. The number of nitrogens with one attached hydrogen (secondary N) is 2. The Balaban J connectivity index is 1.67. The van der Waals surface area contributed by atoms with Crippen molar-refractivity contribution in [2.75, 3.05) is 5.32 Å². The summed E-state index contributed by atoms with van der Waals surface area (Å²) in [5.41, 5.74) is 2.36. The minimum atomic E-state index is -0.580. The Kier molecular flexibility index (Phi) is 4.13. The number of H-pyrrole nitrogens is 1. The van der Waals surface area contributed by atoms with Crippen LogP contribution in [0.5, 0.6) is 0 Å². The van der Waals surface area contributed by atoms with Gasteiger partial charge in [-0.15, -0.1) is 5.10 Å². The highest BCUT2D eigenvalue weighted by Crippen LogP contribution is 2.17. The minimum absolute atomic E-state index is 0.243. The van der Waals surface area contributed by atoms with Gasteiger partial charge in [0.25, 0.3) is 0 Å². The van der Waals surface area contributed by atoms with Gasteiger partial charge in [0.15, 0.2) is 5.69 Å². The molecule has 0 saturated carbocycles. The van der Waals surface area contributed by atoms with Crippen LogP contribution in [0.1, 0.15) is 5.69 Å². The van der Waals surface area contributed by atoms with Gasteiger partial charge in [0.2, 0.25) is 0 Å².